The molecule has 0 radical (unpaired) electrons. The third-order valence-electron chi connectivity index (χ3n) is 5.32. The van der Waals surface area contributed by atoms with Gasteiger partial charge in [0.15, 0.2) is 0 Å². The van der Waals surface area contributed by atoms with Crippen molar-refractivity contribution in [1.29, 1.82) is 0 Å². The number of furan rings is 1. The topological polar surface area (TPSA) is 64.2 Å². The van der Waals surface area contributed by atoms with Crippen LogP contribution < -0.4 is 10.3 Å². The number of hydrogen-bond donors (Lipinski definition) is 1. The predicted molar refractivity (Wildman–Crippen MR) is 128 cm³/mol. The monoisotopic (exact) mass is 428 g/mol. The first-order valence-corrected chi connectivity index (χ1v) is 11.4. The Balaban J connectivity index is 1.85. The van der Waals surface area contributed by atoms with Crippen molar-refractivity contribution < 1.29 is 8.63 Å². The summed E-state index contributed by atoms with van der Waals surface area (Å²) >= 11 is 0. The van der Waals surface area contributed by atoms with Gasteiger partial charge in [-0.15, -0.1) is 0 Å². The van der Waals surface area contributed by atoms with E-state index in [-0.39, 0.29) is 5.56 Å². The van der Waals surface area contributed by atoms with Gasteiger partial charge < -0.3 is 13.7 Å². The second kappa shape index (κ2) is 7.56. The number of aromatic nitrogens is 1. The van der Waals surface area contributed by atoms with E-state index in [1.165, 1.54) is 0 Å². The van der Waals surface area contributed by atoms with Gasteiger partial charge in [0.2, 0.25) is 0 Å². The lowest BCUT2D eigenvalue weighted by molar-refractivity contribution is 0.632. The molecule has 3 aromatic carbocycles. The first kappa shape index (κ1) is 19.3. The molecule has 0 aliphatic carbocycles. The van der Waals surface area contributed by atoms with Gasteiger partial charge in [-0.3, -0.25) is 4.79 Å². The van der Waals surface area contributed by atoms with Crippen LogP contribution in [0.3, 0.4) is 0 Å². The third-order valence-corrected chi connectivity index (χ3v) is 5.84. The van der Waals surface area contributed by atoms with Gasteiger partial charge in [-0.2, -0.15) is 0 Å². The summed E-state index contributed by atoms with van der Waals surface area (Å²) in [4.78, 5) is 12.7. The highest BCUT2D eigenvalue weighted by Crippen LogP contribution is 2.39. The molecular formula is C25H20N2O3S. The molecule has 0 bridgehead atoms. The maximum Gasteiger partial charge on any atom is 0.258 e. The minimum Gasteiger partial charge on any atom is -0.455 e. The van der Waals surface area contributed by atoms with Crippen molar-refractivity contribution in [2.45, 2.75) is 0 Å². The first-order chi connectivity index (χ1) is 15.0. The molecule has 0 amide bonds. The van der Waals surface area contributed by atoms with Gasteiger partial charge >= 0.3 is 0 Å². The van der Waals surface area contributed by atoms with E-state index in [1.807, 2.05) is 79.0 Å². The van der Waals surface area contributed by atoms with E-state index >= 15 is 0 Å². The molecule has 0 aliphatic heterocycles. The zero-order valence-corrected chi connectivity index (χ0v) is 17.9. The maximum absolute atomic E-state index is 12.7. The Morgan fingerprint density at radius 2 is 1.61 bits per heavy atom. The van der Waals surface area contributed by atoms with Crippen LogP contribution in [-0.4, -0.2) is 15.0 Å². The molecule has 1 atom stereocenters. The number of rotatable bonds is 4. The van der Waals surface area contributed by atoms with Gasteiger partial charge in [-0.25, -0.2) is 4.21 Å². The van der Waals surface area contributed by atoms with Crippen molar-refractivity contribution in [3.63, 3.8) is 0 Å². The van der Waals surface area contributed by atoms with E-state index in [0.29, 0.717) is 5.39 Å². The van der Waals surface area contributed by atoms with Gasteiger partial charge in [-0.05, 0) is 29.7 Å². The number of benzene rings is 3. The highest BCUT2D eigenvalue weighted by Gasteiger charge is 2.17. The van der Waals surface area contributed by atoms with Crippen LogP contribution in [-0.2, 0) is 18.0 Å². The lowest BCUT2D eigenvalue weighted by Crippen LogP contribution is -2.16. The van der Waals surface area contributed by atoms with Gasteiger partial charge in [-0.1, -0.05) is 48.5 Å². The Bertz CT molecular complexity index is 1520. The molecule has 0 saturated heterocycles. The molecule has 31 heavy (non-hydrogen) atoms. The molecule has 6 heteroatoms. The van der Waals surface area contributed by atoms with Crippen LogP contribution in [0.4, 0.5) is 5.69 Å². The summed E-state index contributed by atoms with van der Waals surface area (Å²) in [7, 11) is 0.522. The second-order valence-corrected chi connectivity index (χ2v) is 8.59. The zero-order chi connectivity index (χ0) is 21.5. The Kier molecular flexibility index (Phi) is 4.71. The number of pyridine rings is 1. The minimum absolute atomic E-state index is 0.0519. The van der Waals surface area contributed by atoms with E-state index in [9.17, 15) is 9.00 Å². The first-order valence-electron chi connectivity index (χ1n) is 9.83. The predicted octanol–water partition coefficient (Wildman–Crippen LogP) is 5.32. The standard InChI is InChI=1S/C25H20N2O3S/c1-27-15-22(19-10-6-7-11-20(19)25(27)28)21-14-18(26-31(2)29)12-17-13-23(30-24(17)21)16-8-4-3-5-9-16/h3-15,26H,1-2H3. The molecule has 2 aromatic heterocycles. The molecule has 1 N–H and O–H groups in total. The van der Waals surface area contributed by atoms with Crippen molar-refractivity contribution in [2.75, 3.05) is 11.0 Å². The summed E-state index contributed by atoms with van der Waals surface area (Å²) in [6, 6.07) is 23.3. The summed E-state index contributed by atoms with van der Waals surface area (Å²) in [5, 5.41) is 2.38. The number of fused-ring (bicyclic) bond motifs is 2. The van der Waals surface area contributed by atoms with Crippen LogP contribution >= 0.6 is 0 Å². The Hall–Kier alpha value is -3.64. The van der Waals surface area contributed by atoms with Crippen LogP contribution in [0.5, 0.6) is 0 Å². The molecular weight excluding hydrogens is 408 g/mol. The second-order valence-electron chi connectivity index (χ2n) is 7.48. The Labute approximate surface area is 181 Å². The highest BCUT2D eigenvalue weighted by molar-refractivity contribution is 7.85. The molecule has 2 heterocycles. The minimum atomic E-state index is -1.22. The van der Waals surface area contributed by atoms with Crippen LogP contribution in [0, 0.1) is 0 Å². The summed E-state index contributed by atoms with van der Waals surface area (Å²) < 4.78 is 22.8. The largest absolute Gasteiger partial charge is 0.455 e. The average molecular weight is 429 g/mol. The number of hydrogen-bond acceptors (Lipinski definition) is 3. The zero-order valence-electron chi connectivity index (χ0n) is 17.1. The van der Waals surface area contributed by atoms with Gasteiger partial charge in [0, 0.05) is 52.7 Å². The molecule has 0 fully saturated rings. The highest BCUT2D eigenvalue weighted by atomic mass is 32.2. The van der Waals surface area contributed by atoms with Gasteiger partial charge in [0.1, 0.15) is 22.3 Å². The third kappa shape index (κ3) is 3.45. The summed E-state index contributed by atoms with van der Waals surface area (Å²) in [5.41, 5.74) is 4.07. The molecule has 154 valence electrons. The van der Waals surface area contributed by atoms with Crippen LogP contribution in [0.15, 0.2) is 88.2 Å². The Morgan fingerprint density at radius 1 is 0.903 bits per heavy atom. The van der Waals surface area contributed by atoms with E-state index < -0.39 is 11.0 Å². The number of nitrogens with one attached hydrogen (secondary N) is 1. The quantitative estimate of drug-likeness (QED) is 0.421. The fraction of sp³-hybridized carbons (Fsp3) is 0.0800. The lowest BCUT2D eigenvalue weighted by atomic mass is 9.98. The van der Waals surface area contributed by atoms with E-state index in [1.54, 1.807) is 17.9 Å². The smallest absolute Gasteiger partial charge is 0.258 e. The lowest BCUT2D eigenvalue weighted by Gasteiger charge is -2.12. The van der Waals surface area contributed by atoms with Gasteiger partial charge in [0.25, 0.3) is 5.56 Å². The van der Waals surface area contributed by atoms with Crippen molar-refractivity contribution in [3.8, 4) is 22.5 Å². The molecule has 5 nitrogen and oxygen atoms in total. The number of anilines is 1. The summed E-state index contributed by atoms with van der Waals surface area (Å²) in [6.45, 7) is 0. The number of nitrogens with zero attached hydrogens (tertiary/aromatic N) is 1. The Morgan fingerprint density at radius 3 is 2.35 bits per heavy atom. The van der Waals surface area contributed by atoms with Crippen LogP contribution in [0.25, 0.3) is 44.2 Å². The maximum atomic E-state index is 12.7. The summed E-state index contributed by atoms with van der Waals surface area (Å²) in [5.74, 6) is 0.751. The van der Waals surface area contributed by atoms with Gasteiger partial charge in [0.05, 0.1) is 0 Å². The van der Waals surface area contributed by atoms with Crippen LogP contribution in [0.1, 0.15) is 0 Å². The van der Waals surface area contributed by atoms with E-state index in [0.717, 1.165) is 44.5 Å². The average Bonchev–Trinajstić information content (AvgIpc) is 3.20. The molecule has 0 saturated carbocycles. The van der Waals surface area contributed by atoms with Crippen molar-refractivity contribution in [3.05, 3.63) is 89.3 Å². The SMILES string of the molecule is Cn1cc(-c2cc(NS(C)=O)cc3cc(-c4ccccc4)oc23)c2ccccc2c1=O. The van der Waals surface area contributed by atoms with Crippen molar-refractivity contribution in [1.82, 2.24) is 4.57 Å². The summed E-state index contributed by atoms with van der Waals surface area (Å²) in [6.07, 6.45) is 3.42. The molecule has 5 aromatic rings. The normalized spacial score (nSPS) is 12.3. The molecule has 0 spiro atoms. The molecule has 5 rings (SSSR count). The van der Waals surface area contributed by atoms with Crippen LogP contribution in [0.2, 0.25) is 0 Å². The fourth-order valence-electron chi connectivity index (χ4n) is 3.95. The molecule has 1 unspecified atom stereocenters. The van der Waals surface area contributed by atoms with Crippen molar-refractivity contribution in [2.24, 2.45) is 7.05 Å². The van der Waals surface area contributed by atoms with E-state index in [4.69, 9.17) is 4.42 Å². The fourth-order valence-corrected chi connectivity index (χ4v) is 4.40. The molecule has 0 aliphatic rings. The number of aryl methyl sites for hydroxylation is 1. The van der Waals surface area contributed by atoms with Crippen molar-refractivity contribution >= 4 is 38.4 Å². The van der Waals surface area contributed by atoms with E-state index in [2.05, 4.69) is 4.72 Å².